The van der Waals surface area contributed by atoms with Crippen LogP contribution in [-0.4, -0.2) is 33.9 Å². The van der Waals surface area contributed by atoms with Crippen LogP contribution in [0.1, 0.15) is 41.9 Å². The van der Waals surface area contributed by atoms with E-state index in [1.54, 1.807) is 13.8 Å². The Hall–Kier alpha value is -2.96. The molecule has 2 amide bonds. The van der Waals surface area contributed by atoms with Crippen LogP contribution in [0.5, 0.6) is 0 Å². The van der Waals surface area contributed by atoms with Crippen molar-refractivity contribution in [1.82, 2.24) is 20.5 Å². The topological polar surface area (TPSA) is 88.4 Å². The molecule has 1 heterocycles. The van der Waals surface area contributed by atoms with E-state index in [0.29, 0.717) is 6.54 Å². The standard InChI is InChI=1S/C19H25N5O2/c1-12(2)21-18(25)19(26)22-20-10-17-14(4)23-24(15(17)5)11-16-8-6-13(3)7-9-16/h6-10,12H,11H2,1-5H3,(H,21,25)(H,22,26)/b20-10-. The minimum atomic E-state index is -0.794. The zero-order valence-corrected chi connectivity index (χ0v) is 15.8. The molecule has 0 spiro atoms. The highest BCUT2D eigenvalue weighted by molar-refractivity contribution is 6.35. The SMILES string of the molecule is Cc1ccc(Cn2nc(C)c(/C=N\NC(=O)C(=O)NC(C)C)c2C)cc1. The number of carbonyl (C=O) groups excluding carboxylic acids is 2. The average molecular weight is 355 g/mol. The summed E-state index contributed by atoms with van der Waals surface area (Å²) < 4.78 is 1.90. The summed E-state index contributed by atoms with van der Waals surface area (Å²) in [5, 5.41) is 10.9. The van der Waals surface area contributed by atoms with Crippen molar-refractivity contribution in [1.29, 1.82) is 0 Å². The number of hydrazone groups is 1. The number of benzene rings is 1. The Balaban J connectivity index is 2.06. The van der Waals surface area contributed by atoms with Crippen molar-refractivity contribution in [3.05, 3.63) is 52.3 Å². The van der Waals surface area contributed by atoms with Crippen LogP contribution < -0.4 is 10.7 Å². The monoisotopic (exact) mass is 355 g/mol. The fraction of sp³-hybridized carbons (Fsp3) is 0.368. The lowest BCUT2D eigenvalue weighted by molar-refractivity contribution is -0.139. The van der Waals surface area contributed by atoms with E-state index in [0.717, 1.165) is 22.5 Å². The first-order chi connectivity index (χ1) is 12.3. The van der Waals surface area contributed by atoms with E-state index >= 15 is 0 Å². The highest BCUT2D eigenvalue weighted by Crippen LogP contribution is 2.13. The Morgan fingerprint density at radius 1 is 1.15 bits per heavy atom. The van der Waals surface area contributed by atoms with Crippen LogP contribution in [0.4, 0.5) is 0 Å². The summed E-state index contributed by atoms with van der Waals surface area (Å²) in [7, 11) is 0. The molecule has 0 saturated heterocycles. The highest BCUT2D eigenvalue weighted by Gasteiger charge is 2.14. The van der Waals surface area contributed by atoms with Gasteiger partial charge in [0.15, 0.2) is 0 Å². The average Bonchev–Trinajstić information content (AvgIpc) is 2.83. The number of hydrogen-bond acceptors (Lipinski definition) is 4. The quantitative estimate of drug-likeness (QED) is 0.487. The molecule has 1 aromatic carbocycles. The first-order valence-electron chi connectivity index (χ1n) is 8.51. The van der Waals surface area contributed by atoms with E-state index in [-0.39, 0.29) is 6.04 Å². The number of aryl methyl sites for hydroxylation is 2. The van der Waals surface area contributed by atoms with Crippen molar-refractivity contribution in [3.8, 4) is 0 Å². The number of nitrogens with one attached hydrogen (secondary N) is 2. The molecule has 0 aliphatic heterocycles. The number of rotatable bonds is 5. The van der Waals surface area contributed by atoms with Gasteiger partial charge in [0.25, 0.3) is 0 Å². The smallest absolute Gasteiger partial charge is 0.329 e. The van der Waals surface area contributed by atoms with Gasteiger partial charge in [0.05, 0.1) is 18.5 Å². The Labute approximate surface area is 153 Å². The van der Waals surface area contributed by atoms with Crippen LogP contribution in [0.3, 0.4) is 0 Å². The van der Waals surface area contributed by atoms with Gasteiger partial charge in [0, 0.05) is 17.3 Å². The van der Waals surface area contributed by atoms with Crippen molar-refractivity contribution < 1.29 is 9.59 Å². The molecule has 7 nitrogen and oxygen atoms in total. The van der Waals surface area contributed by atoms with Gasteiger partial charge in [-0.05, 0) is 40.2 Å². The molecule has 2 aromatic rings. The summed E-state index contributed by atoms with van der Waals surface area (Å²) in [6.45, 7) is 10.1. The summed E-state index contributed by atoms with van der Waals surface area (Å²) in [6.07, 6.45) is 1.52. The van der Waals surface area contributed by atoms with Crippen molar-refractivity contribution in [2.24, 2.45) is 5.10 Å². The summed E-state index contributed by atoms with van der Waals surface area (Å²) >= 11 is 0. The molecule has 7 heteroatoms. The normalized spacial score (nSPS) is 11.2. The second-order valence-electron chi connectivity index (χ2n) is 6.56. The maximum Gasteiger partial charge on any atom is 0.329 e. The van der Waals surface area contributed by atoms with Crippen molar-refractivity contribution in [2.45, 2.75) is 47.2 Å². The third kappa shape index (κ3) is 5.02. The third-order valence-corrected chi connectivity index (χ3v) is 3.88. The molecule has 0 bridgehead atoms. The zero-order chi connectivity index (χ0) is 19.3. The van der Waals surface area contributed by atoms with Gasteiger partial charge in [-0.15, -0.1) is 0 Å². The first kappa shape index (κ1) is 19.4. The van der Waals surface area contributed by atoms with E-state index in [1.807, 2.05) is 18.5 Å². The molecule has 0 aliphatic carbocycles. The molecular weight excluding hydrogens is 330 g/mol. The predicted molar refractivity (Wildman–Crippen MR) is 101 cm³/mol. The number of carbonyl (C=O) groups is 2. The fourth-order valence-electron chi connectivity index (χ4n) is 2.45. The van der Waals surface area contributed by atoms with E-state index in [1.165, 1.54) is 11.8 Å². The van der Waals surface area contributed by atoms with E-state index < -0.39 is 11.8 Å². The summed E-state index contributed by atoms with van der Waals surface area (Å²) in [6, 6.07) is 8.18. The van der Waals surface area contributed by atoms with Gasteiger partial charge < -0.3 is 5.32 Å². The fourth-order valence-corrected chi connectivity index (χ4v) is 2.45. The molecule has 1 aromatic heterocycles. The predicted octanol–water partition coefficient (Wildman–Crippen LogP) is 1.83. The van der Waals surface area contributed by atoms with Crippen LogP contribution >= 0.6 is 0 Å². The summed E-state index contributed by atoms with van der Waals surface area (Å²) in [5.41, 5.74) is 7.17. The van der Waals surface area contributed by atoms with Gasteiger partial charge in [0.1, 0.15) is 0 Å². The molecule has 2 N–H and O–H groups in total. The molecular formula is C19H25N5O2. The van der Waals surface area contributed by atoms with Crippen molar-refractivity contribution in [2.75, 3.05) is 0 Å². The second-order valence-corrected chi connectivity index (χ2v) is 6.56. The minimum Gasteiger partial charge on any atom is -0.346 e. The highest BCUT2D eigenvalue weighted by atomic mass is 16.2. The molecule has 26 heavy (non-hydrogen) atoms. The lowest BCUT2D eigenvalue weighted by Gasteiger charge is -2.06. The number of hydrogen-bond donors (Lipinski definition) is 2. The van der Waals surface area contributed by atoms with Crippen molar-refractivity contribution in [3.63, 3.8) is 0 Å². The molecule has 0 radical (unpaired) electrons. The molecule has 0 fully saturated rings. The Bertz CT molecular complexity index is 819. The van der Waals surface area contributed by atoms with Gasteiger partial charge in [-0.2, -0.15) is 10.2 Å². The molecule has 0 aliphatic rings. The summed E-state index contributed by atoms with van der Waals surface area (Å²) in [5.74, 6) is -1.50. The van der Waals surface area contributed by atoms with Crippen LogP contribution in [0.2, 0.25) is 0 Å². The van der Waals surface area contributed by atoms with Gasteiger partial charge in [-0.3, -0.25) is 14.3 Å². The van der Waals surface area contributed by atoms with E-state index in [2.05, 4.69) is 52.1 Å². The molecule has 2 rings (SSSR count). The Morgan fingerprint density at radius 3 is 2.42 bits per heavy atom. The number of amides is 2. The Kier molecular flexibility index (Phi) is 6.27. The number of aromatic nitrogens is 2. The maximum atomic E-state index is 11.7. The van der Waals surface area contributed by atoms with Gasteiger partial charge in [-0.1, -0.05) is 29.8 Å². The first-order valence-corrected chi connectivity index (χ1v) is 8.51. The lowest BCUT2D eigenvalue weighted by Crippen LogP contribution is -2.41. The van der Waals surface area contributed by atoms with E-state index in [9.17, 15) is 9.59 Å². The van der Waals surface area contributed by atoms with Gasteiger partial charge >= 0.3 is 11.8 Å². The van der Waals surface area contributed by atoms with Gasteiger partial charge in [-0.25, -0.2) is 5.43 Å². The zero-order valence-electron chi connectivity index (χ0n) is 15.8. The lowest BCUT2D eigenvalue weighted by atomic mass is 10.1. The van der Waals surface area contributed by atoms with Crippen LogP contribution in [-0.2, 0) is 16.1 Å². The second kappa shape index (κ2) is 8.42. The van der Waals surface area contributed by atoms with Crippen LogP contribution in [0, 0.1) is 20.8 Å². The minimum absolute atomic E-state index is 0.110. The molecule has 0 saturated carbocycles. The van der Waals surface area contributed by atoms with Crippen LogP contribution in [0.15, 0.2) is 29.4 Å². The van der Waals surface area contributed by atoms with E-state index in [4.69, 9.17) is 0 Å². The number of nitrogens with zero attached hydrogens (tertiary/aromatic N) is 3. The van der Waals surface area contributed by atoms with Crippen molar-refractivity contribution >= 4 is 18.0 Å². The Morgan fingerprint density at radius 2 is 1.81 bits per heavy atom. The third-order valence-electron chi connectivity index (χ3n) is 3.88. The van der Waals surface area contributed by atoms with Crippen LogP contribution in [0.25, 0.3) is 0 Å². The molecule has 0 atom stereocenters. The maximum absolute atomic E-state index is 11.7. The largest absolute Gasteiger partial charge is 0.346 e. The molecule has 0 unspecified atom stereocenters. The van der Waals surface area contributed by atoms with Gasteiger partial charge in [0.2, 0.25) is 0 Å². The molecule has 138 valence electrons. The summed E-state index contributed by atoms with van der Waals surface area (Å²) in [4.78, 5) is 23.2.